The third kappa shape index (κ3) is 2.84. The van der Waals surface area contributed by atoms with Gasteiger partial charge in [-0.15, -0.1) is 0 Å². The molecule has 0 fully saturated rings. The van der Waals surface area contributed by atoms with Crippen LogP contribution in [0.2, 0.25) is 0 Å². The zero-order valence-corrected chi connectivity index (χ0v) is 15.0. The number of hydrogen-bond donors (Lipinski definition) is 1. The van der Waals surface area contributed by atoms with Gasteiger partial charge in [-0.05, 0) is 48.4 Å². The molecule has 0 unspecified atom stereocenters. The molecule has 1 aliphatic rings. The van der Waals surface area contributed by atoms with E-state index in [9.17, 15) is 4.79 Å². The van der Waals surface area contributed by atoms with Crippen molar-refractivity contribution in [2.45, 2.75) is 6.42 Å². The molecule has 6 heteroatoms. The highest BCUT2D eigenvalue weighted by atomic mass is 16.1. The summed E-state index contributed by atoms with van der Waals surface area (Å²) in [6, 6.07) is 11.5. The summed E-state index contributed by atoms with van der Waals surface area (Å²) in [6.07, 6.45) is 7.01. The second-order valence-corrected chi connectivity index (χ2v) is 6.89. The molecular weight excluding hydrogens is 338 g/mol. The normalized spacial score (nSPS) is 14.6. The van der Waals surface area contributed by atoms with Gasteiger partial charge in [0.2, 0.25) is 0 Å². The Hall–Kier alpha value is -3.25. The van der Waals surface area contributed by atoms with Crippen molar-refractivity contribution in [3.05, 3.63) is 70.8 Å². The predicted octanol–water partition coefficient (Wildman–Crippen LogP) is 2.62. The van der Waals surface area contributed by atoms with Crippen molar-refractivity contribution in [2.24, 2.45) is 7.05 Å². The fourth-order valence-corrected chi connectivity index (χ4v) is 3.63. The van der Waals surface area contributed by atoms with Crippen LogP contribution >= 0.6 is 0 Å². The molecule has 5 rings (SSSR count). The Morgan fingerprint density at radius 2 is 1.96 bits per heavy atom. The Kier molecular flexibility index (Phi) is 3.65. The molecule has 6 nitrogen and oxygen atoms in total. The minimum Gasteiger partial charge on any atom is -0.313 e. The van der Waals surface area contributed by atoms with Crippen LogP contribution in [0.5, 0.6) is 0 Å². The lowest BCUT2D eigenvalue weighted by Crippen LogP contribution is -2.20. The van der Waals surface area contributed by atoms with E-state index in [2.05, 4.69) is 16.5 Å². The third-order valence-electron chi connectivity index (χ3n) is 5.01. The fourth-order valence-electron chi connectivity index (χ4n) is 3.63. The number of benzene rings is 1. The van der Waals surface area contributed by atoms with Crippen LogP contribution in [-0.4, -0.2) is 32.3 Å². The zero-order chi connectivity index (χ0) is 18.4. The summed E-state index contributed by atoms with van der Waals surface area (Å²) in [4.78, 5) is 17.5. The van der Waals surface area contributed by atoms with Crippen LogP contribution in [-0.2, 0) is 7.05 Å². The molecule has 0 saturated carbocycles. The third-order valence-corrected chi connectivity index (χ3v) is 5.01. The first-order chi connectivity index (χ1) is 13.2. The lowest BCUT2D eigenvalue weighted by Gasteiger charge is -2.15. The monoisotopic (exact) mass is 357 g/mol. The smallest absolute Gasteiger partial charge is 0.258 e. The van der Waals surface area contributed by atoms with E-state index in [1.165, 1.54) is 5.57 Å². The SMILES string of the molecule is Cn1cc2cc(-c3cc(=O)n4cc(C5=CCNCC5)ccc4n3)ccc2n1. The average molecular weight is 357 g/mol. The number of aryl methyl sites for hydroxylation is 1. The molecule has 0 amide bonds. The van der Waals surface area contributed by atoms with Gasteiger partial charge in [0.15, 0.2) is 0 Å². The molecule has 3 aromatic heterocycles. The molecule has 4 aromatic rings. The Morgan fingerprint density at radius 3 is 2.81 bits per heavy atom. The first kappa shape index (κ1) is 16.0. The first-order valence-corrected chi connectivity index (χ1v) is 9.05. The van der Waals surface area contributed by atoms with Gasteiger partial charge in [0, 0.05) is 43.0 Å². The standard InChI is InChI=1S/C21H19N5O/c1-25-12-17-10-15(2-4-18(17)24-25)19-11-21(27)26-13-16(3-5-20(26)23-19)14-6-8-22-9-7-14/h2-6,10-13,22H,7-9H2,1H3. The van der Waals surface area contributed by atoms with Gasteiger partial charge in [0.05, 0.1) is 11.2 Å². The molecule has 1 aromatic carbocycles. The van der Waals surface area contributed by atoms with Crippen molar-refractivity contribution < 1.29 is 0 Å². The van der Waals surface area contributed by atoms with Gasteiger partial charge in [0.25, 0.3) is 5.56 Å². The quantitative estimate of drug-likeness (QED) is 0.599. The van der Waals surface area contributed by atoms with E-state index in [0.29, 0.717) is 11.3 Å². The molecule has 0 radical (unpaired) electrons. The number of rotatable bonds is 2. The second kappa shape index (κ2) is 6.17. The van der Waals surface area contributed by atoms with E-state index in [1.807, 2.05) is 49.8 Å². The predicted molar refractivity (Wildman–Crippen MR) is 107 cm³/mol. The molecule has 134 valence electrons. The maximum Gasteiger partial charge on any atom is 0.258 e. The molecule has 0 bridgehead atoms. The summed E-state index contributed by atoms with van der Waals surface area (Å²) in [5, 5.41) is 8.73. The molecule has 0 saturated heterocycles. The van der Waals surface area contributed by atoms with Crippen LogP contribution < -0.4 is 10.9 Å². The van der Waals surface area contributed by atoms with Crippen LogP contribution in [0.1, 0.15) is 12.0 Å². The number of pyridine rings is 1. The van der Waals surface area contributed by atoms with E-state index < -0.39 is 0 Å². The lowest BCUT2D eigenvalue weighted by atomic mass is 10.0. The van der Waals surface area contributed by atoms with Crippen LogP contribution in [0.25, 0.3) is 33.4 Å². The number of nitrogens with one attached hydrogen (secondary N) is 1. The topological polar surface area (TPSA) is 64.2 Å². The number of hydrogen-bond acceptors (Lipinski definition) is 4. The summed E-state index contributed by atoms with van der Waals surface area (Å²) >= 11 is 0. The van der Waals surface area contributed by atoms with E-state index in [-0.39, 0.29) is 5.56 Å². The zero-order valence-electron chi connectivity index (χ0n) is 15.0. The highest BCUT2D eigenvalue weighted by Crippen LogP contribution is 2.23. The number of nitrogens with zero attached hydrogens (tertiary/aromatic N) is 4. The Labute approximate surface area is 155 Å². The Balaban J connectivity index is 1.61. The minimum absolute atomic E-state index is 0.0716. The van der Waals surface area contributed by atoms with Crippen LogP contribution in [0, 0.1) is 0 Å². The van der Waals surface area contributed by atoms with E-state index in [1.54, 1.807) is 15.1 Å². The maximum atomic E-state index is 12.8. The molecule has 0 spiro atoms. The van der Waals surface area contributed by atoms with Crippen molar-refractivity contribution in [3.8, 4) is 11.3 Å². The summed E-state index contributed by atoms with van der Waals surface area (Å²) in [5.74, 6) is 0. The van der Waals surface area contributed by atoms with Crippen LogP contribution in [0.4, 0.5) is 0 Å². The van der Waals surface area contributed by atoms with Crippen molar-refractivity contribution in [1.29, 1.82) is 0 Å². The van der Waals surface area contributed by atoms with Gasteiger partial charge in [-0.1, -0.05) is 12.1 Å². The van der Waals surface area contributed by atoms with Gasteiger partial charge in [-0.25, -0.2) is 4.98 Å². The van der Waals surface area contributed by atoms with Gasteiger partial charge in [0.1, 0.15) is 5.65 Å². The van der Waals surface area contributed by atoms with Crippen molar-refractivity contribution >= 4 is 22.1 Å². The van der Waals surface area contributed by atoms with Gasteiger partial charge in [-0.2, -0.15) is 5.10 Å². The summed E-state index contributed by atoms with van der Waals surface area (Å²) in [5.41, 5.74) is 5.46. The summed E-state index contributed by atoms with van der Waals surface area (Å²) in [6.45, 7) is 1.84. The Morgan fingerprint density at radius 1 is 1.07 bits per heavy atom. The molecule has 1 aliphatic heterocycles. The molecule has 4 heterocycles. The molecule has 0 atom stereocenters. The molecule has 27 heavy (non-hydrogen) atoms. The molecule has 1 N–H and O–H groups in total. The lowest BCUT2D eigenvalue weighted by molar-refractivity contribution is 0.738. The van der Waals surface area contributed by atoms with E-state index >= 15 is 0 Å². The minimum atomic E-state index is -0.0716. The highest BCUT2D eigenvalue weighted by Gasteiger charge is 2.10. The second-order valence-electron chi connectivity index (χ2n) is 6.89. The van der Waals surface area contributed by atoms with Gasteiger partial charge >= 0.3 is 0 Å². The molecular formula is C21H19N5O. The highest BCUT2D eigenvalue weighted by molar-refractivity contribution is 5.83. The fraction of sp³-hybridized carbons (Fsp3) is 0.190. The van der Waals surface area contributed by atoms with Crippen molar-refractivity contribution in [1.82, 2.24) is 24.5 Å². The van der Waals surface area contributed by atoms with Gasteiger partial charge < -0.3 is 5.32 Å². The Bertz CT molecular complexity index is 1260. The first-order valence-electron chi connectivity index (χ1n) is 9.05. The van der Waals surface area contributed by atoms with Crippen molar-refractivity contribution in [3.63, 3.8) is 0 Å². The average Bonchev–Trinajstić information content (AvgIpc) is 3.07. The maximum absolute atomic E-state index is 12.8. The summed E-state index contributed by atoms with van der Waals surface area (Å²) in [7, 11) is 1.90. The number of aromatic nitrogens is 4. The van der Waals surface area contributed by atoms with Crippen LogP contribution in [0.15, 0.2) is 59.7 Å². The van der Waals surface area contributed by atoms with Gasteiger partial charge in [-0.3, -0.25) is 13.9 Å². The van der Waals surface area contributed by atoms with E-state index in [4.69, 9.17) is 4.98 Å². The number of fused-ring (bicyclic) bond motifs is 2. The van der Waals surface area contributed by atoms with E-state index in [0.717, 1.165) is 41.5 Å². The molecule has 0 aliphatic carbocycles. The largest absolute Gasteiger partial charge is 0.313 e. The summed E-state index contributed by atoms with van der Waals surface area (Å²) < 4.78 is 3.42. The van der Waals surface area contributed by atoms with Crippen LogP contribution in [0.3, 0.4) is 0 Å². The van der Waals surface area contributed by atoms with Crippen molar-refractivity contribution in [2.75, 3.05) is 13.1 Å².